The maximum atomic E-state index is 2.60. The maximum absolute atomic E-state index is 2.60. The van der Waals surface area contributed by atoms with E-state index in [1.54, 1.807) is 0 Å². The Kier molecular flexibility index (Phi) is 7.81. The fourth-order valence-electron chi connectivity index (χ4n) is 13.7. The summed E-state index contributed by atoms with van der Waals surface area (Å²) in [5, 5.41) is 15.3. The third-order valence-electron chi connectivity index (χ3n) is 17.0. The molecule has 0 spiro atoms. The van der Waals surface area contributed by atoms with Gasteiger partial charge in [-0.2, -0.15) is 0 Å². The van der Waals surface area contributed by atoms with Crippen LogP contribution in [-0.2, 0) is 5.41 Å². The Labute approximate surface area is 426 Å². The van der Waals surface area contributed by atoms with Crippen molar-refractivity contribution < 1.29 is 0 Å². The number of rotatable bonds is 4. The smallest absolute Gasteiger partial charge is 0.0624 e. The van der Waals surface area contributed by atoms with Gasteiger partial charge in [-0.25, -0.2) is 0 Å². The molecule has 1 aliphatic rings. The summed E-state index contributed by atoms with van der Waals surface area (Å²) < 4.78 is 7.38. The number of aromatic nitrogens is 3. The topological polar surface area (TPSA) is 14.3 Å². The highest BCUT2D eigenvalue weighted by Crippen LogP contribution is 2.56. The average molecular weight is 940 g/mol. The molecular weight excluding hydrogens is 895 g/mol. The van der Waals surface area contributed by atoms with Crippen molar-refractivity contribution in [3.05, 3.63) is 248 Å². The molecule has 3 nitrogen and oxygen atoms in total. The highest BCUT2D eigenvalue weighted by atomic mass is 15.0. The molecule has 4 heterocycles. The minimum absolute atomic E-state index is 0.183. The van der Waals surface area contributed by atoms with E-state index in [0.717, 1.165) is 0 Å². The predicted molar refractivity (Wildman–Crippen MR) is 313 cm³/mol. The second kappa shape index (κ2) is 14.4. The summed E-state index contributed by atoms with van der Waals surface area (Å²) >= 11 is 0. The van der Waals surface area contributed by atoms with Gasteiger partial charge in [0.2, 0.25) is 0 Å². The Balaban J connectivity index is 0.866. The van der Waals surface area contributed by atoms with Crippen molar-refractivity contribution in [3.63, 3.8) is 0 Å². The largest absolute Gasteiger partial charge is 0.309 e. The lowest BCUT2D eigenvalue weighted by molar-refractivity contribution is 0.667. The van der Waals surface area contributed by atoms with Gasteiger partial charge in [0.05, 0.1) is 38.6 Å². The van der Waals surface area contributed by atoms with E-state index in [1.165, 1.54) is 159 Å². The first-order valence-electron chi connectivity index (χ1n) is 25.9. The van der Waals surface area contributed by atoms with E-state index < -0.39 is 0 Å². The zero-order chi connectivity index (χ0) is 48.6. The molecule has 0 saturated carbocycles. The van der Waals surface area contributed by atoms with Crippen LogP contribution in [-0.4, -0.2) is 13.5 Å². The van der Waals surface area contributed by atoms with Crippen molar-refractivity contribution in [2.24, 2.45) is 0 Å². The molecule has 12 aromatic carbocycles. The summed E-state index contributed by atoms with van der Waals surface area (Å²) in [5.74, 6) is 0. The molecule has 74 heavy (non-hydrogen) atoms. The fourth-order valence-corrected chi connectivity index (χ4v) is 13.7. The molecule has 1 aliphatic carbocycles. The van der Waals surface area contributed by atoms with Crippen molar-refractivity contribution in [3.8, 4) is 44.8 Å². The molecule has 0 unspecified atom stereocenters. The third kappa shape index (κ3) is 5.30. The van der Waals surface area contributed by atoms with Gasteiger partial charge >= 0.3 is 0 Å². The van der Waals surface area contributed by atoms with Crippen LogP contribution in [0.25, 0.3) is 148 Å². The normalized spacial score (nSPS) is 13.4. The number of benzene rings is 12. The molecule has 17 rings (SSSR count). The Morgan fingerprint density at radius 2 is 0.757 bits per heavy atom. The first-order valence-corrected chi connectivity index (χ1v) is 25.9. The van der Waals surface area contributed by atoms with Gasteiger partial charge in [-0.05, 0) is 169 Å². The van der Waals surface area contributed by atoms with E-state index >= 15 is 0 Å². The third-order valence-corrected chi connectivity index (χ3v) is 17.0. The number of fused-ring (bicyclic) bond motifs is 18. The predicted octanol–water partition coefficient (Wildman–Crippen LogP) is 19.0. The van der Waals surface area contributed by atoms with Crippen LogP contribution >= 0.6 is 0 Å². The first kappa shape index (κ1) is 40.2. The summed E-state index contributed by atoms with van der Waals surface area (Å²) in [6.45, 7) is 4.86. The van der Waals surface area contributed by atoms with Crippen LogP contribution in [0.3, 0.4) is 0 Å². The second-order valence-corrected chi connectivity index (χ2v) is 21.3. The Morgan fingerprint density at radius 3 is 1.35 bits per heavy atom. The van der Waals surface area contributed by atoms with Crippen molar-refractivity contribution in [1.29, 1.82) is 0 Å². The fraction of sp³-hybridized carbons (Fsp3) is 0.0423. The molecular formula is C71H45N3. The van der Waals surface area contributed by atoms with Gasteiger partial charge in [0.15, 0.2) is 0 Å². The van der Waals surface area contributed by atoms with Crippen LogP contribution in [0.2, 0.25) is 0 Å². The van der Waals surface area contributed by atoms with Crippen molar-refractivity contribution in [1.82, 2.24) is 13.5 Å². The zero-order valence-corrected chi connectivity index (χ0v) is 40.9. The standard InChI is InChI=1S/C71H45N3/c1-71(2)61-22-12-9-19-52(61)58-41-59-57-37-48-33-42(44-29-31-64-55(35-44)53-20-10-13-23-62(53)72(64)50-15-5-3-6-16-50)25-27-46(48)39-66(57)74-67-40-47-28-26-43(34-49(47)38-60(67)68(69(58)71)70(59)74)45-30-32-65-56(36-45)54-21-11-14-24-63(54)73(65)51-17-7-4-8-18-51/h3-41H,1-2H3. The summed E-state index contributed by atoms with van der Waals surface area (Å²) in [6, 6.07) is 88.7. The summed E-state index contributed by atoms with van der Waals surface area (Å²) in [5.41, 5.74) is 21.3. The average Bonchev–Trinajstić information content (AvgIpc) is 4.35. The van der Waals surface area contributed by atoms with Gasteiger partial charge in [0.25, 0.3) is 0 Å². The Hall–Kier alpha value is -9.44. The molecule has 344 valence electrons. The SMILES string of the molecule is CC1(C)c2ccccc2-c2cc3c4cc5cc(-c6ccc7c(c6)c6ccccc6n7-c6ccccc6)ccc5cc4n4c5cc6ccc(-c7ccc8c(c7)c7ccccc7n8-c7ccccc7)cc6cc5c(c21)c34. The van der Waals surface area contributed by atoms with Gasteiger partial charge in [0.1, 0.15) is 0 Å². The molecule has 0 atom stereocenters. The summed E-state index contributed by atoms with van der Waals surface area (Å²) in [7, 11) is 0. The highest BCUT2D eigenvalue weighted by Gasteiger charge is 2.39. The molecule has 0 radical (unpaired) electrons. The van der Waals surface area contributed by atoms with E-state index in [1.807, 2.05) is 0 Å². The van der Waals surface area contributed by atoms with E-state index in [-0.39, 0.29) is 5.41 Å². The molecule has 0 amide bonds. The first-order chi connectivity index (χ1) is 36.4. The summed E-state index contributed by atoms with van der Waals surface area (Å²) in [4.78, 5) is 0. The lowest BCUT2D eigenvalue weighted by Crippen LogP contribution is -2.15. The van der Waals surface area contributed by atoms with Gasteiger partial charge in [0, 0.05) is 59.9 Å². The van der Waals surface area contributed by atoms with Crippen LogP contribution < -0.4 is 0 Å². The van der Waals surface area contributed by atoms with Crippen molar-refractivity contribution in [2.75, 3.05) is 0 Å². The molecule has 0 saturated heterocycles. The number of nitrogens with zero attached hydrogens (tertiary/aromatic N) is 3. The van der Waals surface area contributed by atoms with Gasteiger partial charge < -0.3 is 13.5 Å². The summed E-state index contributed by atoms with van der Waals surface area (Å²) in [6.07, 6.45) is 0. The van der Waals surface area contributed by atoms with Crippen LogP contribution in [0.1, 0.15) is 25.0 Å². The van der Waals surface area contributed by atoms with Crippen molar-refractivity contribution >= 4 is 103 Å². The minimum Gasteiger partial charge on any atom is -0.309 e. The van der Waals surface area contributed by atoms with E-state index in [9.17, 15) is 0 Å². The number of hydrogen-bond acceptors (Lipinski definition) is 0. The molecule has 0 N–H and O–H groups in total. The van der Waals surface area contributed by atoms with Gasteiger partial charge in [-0.1, -0.05) is 147 Å². The van der Waals surface area contributed by atoms with Crippen LogP contribution in [0, 0.1) is 0 Å². The molecule has 3 heteroatoms. The van der Waals surface area contributed by atoms with E-state index in [2.05, 4.69) is 264 Å². The molecule has 0 fully saturated rings. The van der Waals surface area contributed by atoms with Gasteiger partial charge in [-0.3, -0.25) is 0 Å². The lowest BCUT2D eigenvalue weighted by Gasteiger charge is -2.22. The molecule has 16 aromatic rings. The quantitative estimate of drug-likeness (QED) is 0.167. The molecule has 0 aliphatic heterocycles. The Morgan fingerprint density at radius 1 is 0.297 bits per heavy atom. The highest BCUT2D eigenvalue weighted by molar-refractivity contribution is 6.29. The van der Waals surface area contributed by atoms with E-state index in [4.69, 9.17) is 0 Å². The van der Waals surface area contributed by atoms with Crippen molar-refractivity contribution in [2.45, 2.75) is 19.3 Å². The van der Waals surface area contributed by atoms with Crippen LogP contribution in [0.5, 0.6) is 0 Å². The molecule has 0 bridgehead atoms. The zero-order valence-electron chi connectivity index (χ0n) is 40.9. The Bertz CT molecular complexity index is 5080. The lowest BCUT2D eigenvalue weighted by atomic mass is 9.80. The number of para-hydroxylation sites is 4. The number of hydrogen-bond donors (Lipinski definition) is 0. The van der Waals surface area contributed by atoms with Crippen LogP contribution in [0.4, 0.5) is 0 Å². The molecule has 4 aromatic heterocycles. The monoisotopic (exact) mass is 939 g/mol. The maximum Gasteiger partial charge on any atom is 0.0624 e. The van der Waals surface area contributed by atoms with Gasteiger partial charge in [-0.15, -0.1) is 0 Å². The van der Waals surface area contributed by atoms with E-state index in [0.29, 0.717) is 0 Å². The van der Waals surface area contributed by atoms with Crippen LogP contribution in [0.15, 0.2) is 237 Å². The minimum atomic E-state index is -0.183. The second-order valence-electron chi connectivity index (χ2n) is 21.3.